The van der Waals surface area contributed by atoms with Crippen LogP contribution in [0.4, 0.5) is 26.3 Å². The molecule has 1 heterocycles. The summed E-state index contributed by atoms with van der Waals surface area (Å²) in [6, 6.07) is 0. The highest BCUT2D eigenvalue weighted by Crippen LogP contribution is 2.41. The van der Waals surface area contributed by atoms with E-state index >= 15 is 0 Å². The average Bonchev–Trinajstić information content (AvgIpc) is 2.24. The molecule has 0 aromatic rings. The Kier molecular flexibility index (Phi) is 4.50. The highest BCUT2D eigenvalue weighted by molar-refractivity contribution is 5.82. The normalized spacial score (nSPS) is 24.3. The summed E-state index contributed by atoms with van der Waals surface area (Å²) in [6.07, 6.45) is -11.4. The van der Waals surface area contributed by atoms with Gasteiger partial charge in [0.15, 0.2) is 0 Å². The Labute approximate surface area is 115 Å². The fraction of sp³-hybridized carbons (Fsp3) is 0.818. The first-order valence-corrected chi connectivity index (χ1v) is 5.94. The zero-order valence-corrected chi connectivity index (χ0v) is 10.9. The SMILES string of the molecule is CC1(C(=O)O)CCCN(C(=O)C(C(F)(F)F)C(F)(F)F)C1. The van der Waals surface area contributed by atoms with E-state index < -0.39 is 42.1 Å². The second-order valence-corrected chi connectivity index (χ2v) is 5.25. The molecule has 10 heteroatoms. The van der Waals surface area contributed by atoms with Crippen LogP contribution in [0, 0.1) is 11.3 Å². The van der Waals surface area contributed by atoms with Crippen LogP contribution >= 0.6 is 0 Å². The number of rotatable bonds is 2. The van der Waals surface area contributed by atoms with Crippen LogP contribution < -0.4 is 0 Å². The molecule has 21 heavy (non-hydrogen) atoms. The maximum Gasteiger partial charge on any atom is 0.409 e. The molecule has 0 radical (unpaired) electrons. The summed E-state index contributed by atoms with van der Waals surface area (Å²) in [5.74, 6) is -7.64. The summed E-state index contributed by atoms with van der Waals surface area (Å²) in [6.45, 7) is 0.180. The second kappa shape index (κ2) is 5.38. The van der Waals surface area contributed by atoms with Crippen LogP contribution in [0.1, 0.15) is 19.8 Å². The predicted octanol–water partition coefficient (Wildman–Crippen LogP) is 2.44. The minimum atomic E-state index is -5.77. The molecule has 122 valence electrons. The molecule has 0 spiro atoms. The fourth-order valence-corrected chi connectivity index (χ4v) is 2.25. The van der Waals surface area contributed by atoms with E-state index in [-0.39, 0.29) is 19.4 Å². The molecule has 0 aromatic carbocycles. The minimum absolute atomic E-state index is 0.0248. The van der Waals surface area contributed by atoms with Crippen molar-refractivity contribution < 1.29 is 41.0 Å². The van der Waals surface area contributed by atoms with E-state index in [1.165, 1.54) is 6.92 Å². The number of aliphatic carboxylic acids is 1. The first kappa shape index (κ1) is 17.6. The topological polar surface area (TPSA) is 57.6 Å². The van der Waals surface area contributed by atoms with E-state index in [1.54, 1.807) is 0 Å². The van der Waals surface area contributed by atoms with Gasteiger partial charge in [0.25, 0.3) is 0 Å². The molecule has 0 saturated carbocycles. The maximum atomic E-state index is 12.5. The van der Waals surface area contributed by atoms with Crippen molar-refractivity contribution in [3.8, 4) is 0 Å². The van der Waals surface area contributed by atoms with Gasteiger partial charge < -0.3 is 10.0 Å². The van der Waals surface area contributed by atoms with Gasteiger partial charge in [0, 0.05) is 13.1 Å². The Morgan fingerprint density at radius 1 is 1.14 bits per heavy atom. The van der Waals surface area contributed by atoms with Crippen LogP contribution in [-0.2, 0) is 9.59 Å². The molecular formula is C11H13F6NO3. The quantitative estimate of drug-likeness (QED) is 0.795. The highest BCUT2D eigenvalue weighted by Gasteiger charge is 2.62. The van der Waals surface area contributed by atoms with Gasteiger partial charge in [0.1, 0.15) is 0 Å². The number of piperidine rings is 1. The summed E-state index contributed by atoms with van der Waals surface area (Å²) in [5, 5.41) is 8.97. The van der Waals surface area contributed by atoms with Gasteiger partial charge in [0.2, 0.25) is 11.8 Å². The lowest BCUT2D eigenvalue weighted by Crippen LogP contribution is -2.55. The Balaban J connectivity index is 3.03. The molecule has 1 fully saturated rings. The van der Waals surface area contributed by atoms with Crippen molar-refractivity contribution in [2.24, 2.45) is 11.3 Å². The van der Waals surface area contributed by atoms with Crippen molar-refractivity contribution in [2.75, 3.05) is 13.1 Å². The number of nitrogens with zero attached hydrogens (tertiary/aromatic N) is 1. The van der Waals surface area contributed by atoms with E-state index in [2.05, 4.69) is 0 Å². The number of likely N-dealkylation sites (tertiary alicyclic amines) is 1. The number of amides is 1. The standard InChI is InChI=1S/C11H13F6NO3/c1-9(8(20)21)3-2-4-18(5-9)7(19)6(10(12,13)14)11(15,16)17/h6H,2-5H2,1H3,(H,20,21). The van der Waals surface area contributed by atoms with Crippen LogP contribution in [0.3, 0.4) is 0 Å². The lowest BCUT2D eigenvalue weighted by Gasteiger charge is -2.39. The van der Waals surface area contributed by atoms with Crippen molar-refractivity contribution in [1.29, 1.82) is 0 Å². The van der Waals surface area contributed by atoms with Gasteiger partial charge in [-0.1, -0.05) is 0 Å². The van der Waals surface area contributed by atoms with Crippen molar-refractivity contribution in [2.45, 2.75) is 32.1 Å². The van der Waals surface area contributed by atoms with Gasteiger partial charge in [-0.2, -0.15) is 26.3 Å². The summed E-state index contributed by atoms with van der Waals surface area (Å²) in [5.41, 5.74) is -1.55. The molecule has 1 saturated heterocycles. The van der Waals surface area contributed by atoms with Gasteiger partial charge in [-0.3, -0.25) is 9.59 Å². The molecular weight excluding hydrogens is 308 g/mol. The van der Waals surface area contributed by atoms with E-state index in [0.29, 0.717) is 4.90 Å². The molecule has 4 nitrogen and oxygen atoms in total. The number of carbonyl (C=O) groups excluding carboxylic acids is 1. The van der Waals surface area contributed by atoms with Gasteiger partial charge in [-0.25, -0.2) is 0 Å². The van der Waals surface area contributed by atoms with Gasteiger partial charge in [-0.15, -0.1) is 0 Å². The van der Waals surface area contributed by atoms with E-state index in [9.17, 15) is 35.9 Å². The minimum Gasteiger partial charge on any atom is -0.481 e. The van der Waals surface area contributed by atoms with Crippen molar-refractivity contribution in [3.63, 3.8) is 0 Å². The number of carbonyl (C=O) groups is 2. The van der Waals surface area contributed by atoms with Crippen molar-refractivity contribution in [3.05, 3.63) is 0 Å². The molecule has 1 unspecified atom stereocenters. The maximum absolute atomic E-state index is 12.5. The molecule has 1 N–H and O–H groups in total. The lowest BCUT2D eigenvalue weighted by molar-refractivity contribution is -0.278. The Hall–Kier alpha value is -1.48. The Bertz CT molecular complexity index is 419. The summed E-state index contributed by atoms with van der Waals surface area (Å²) >= 11 is 0. The van der Waals surface area contributed by atoms with E-state index in [1.807, 2.05) is 0 Å². The number of carboxylic acids is 1. The third-order valence-corrected chi connectivity index (χ3v) is 3.43. The van der Waals surface area contributed by atoms with Gasteiger partial charge in [-0.05, 0) is 19.8 Å². The Morgan fingerprint density at radius 3 is 2.00 bits per heavy atom. The Morgan fingerprint density at radius 2 is 1.62 bits per heavy atom. The predicted molar refractivity (Wildman–Crippen MR) is 57.2 cm³/mol. The first-order chi connectivity index (χ1) is 9.29. The summed E-state index contributed by atoms with van der Waals surface area (Å²) < 4.78 is 74.9. The van der Waals surface area contributed by atoms with Crippen LogP contribution in [-0.4, -0.2) is 47.3 Å². The van der Waals surface area contributed by atoms with Crippen LogP contribution in [0.15, 0.2) is 0 Å². The summed E-state index contributed by atoms with van der Waals surface area (Å²) in [4.78, 5) is 23.0. The third kappa shape index (κ3) is 3.79. The number of halogens is 6. The third-order valence-electron chi connectivity index (χ3n) is 3.43. The molecule has 0 aliphatic carbocycles. The fourth-order valence-electron chi connectivity index (χ4n) is 2.25. The van der Waals surface area contributed by atoms with Crippen LogP contribution in [0.2, 0.25) is 0 Å². The number of alkyl halides is 6. The average molecular weight is 321 g/mol. The zero-order valence-electron chi connectivity index (χ0n) is 10.9. The number of hydrogen-bond acceptors (Lipinski definition) is 2. The van der Waals surface area contributed by atoms with Gasteiger partial charge >= 0.3 is 18.3 Å². The van der Waals surface area contributed by atoms with E-state index in [4.69, 9.17) is 5.11 Å². The van der Waals surface area contributed by atoms with Crippen molar-refractivity contribution >= 4 is 11.9 Å². The van der Waals surface area contributed by atoms with Crippen LogP contribution in [0.5, 0.6) is 0 Å². The monoisotopic (exact) mass is 321 g/mol. The molecule has 1 aliphatic heterocycles. The largest absolute Gasteiger partial charge is 0.481 e. The lowest BCUT2D eigenvalue weighted by atomic mass is 9.81. The second-order valence-electron chi connectivity index (χ2n) is 5.25. The molecule has 0 bridgehead atoms. The molecule has 1 amide bonds. The highest BCUT2D eigenvalue weighted by atomic mass is 19.4. The zero-order chi connectivity index (χ0) is 16.6. The molecule has 1 atom stereocenters. The molecule has 1 aliphatic rings. The van der Waals surface area contributed by atoms with E-state index in [0.717, 1.165) is 0 Å². The summed E-state index contributed by atoms with van der Waals surface area (Å²) in [7, 11) is 0. The van der Waals surface area contributed by atoms with Crippen molar-refractivity contribution in [1.82, 2.24) is 4.90 Å². The number of carboxylic acid groups (broad SMARTS) is 1. The molecule has 1 rings (SSSR count). The van der Waals surface area contributed by atoms with Gasteiger partial charge in [0.05, 0.1) is 5.41 Å². The van der Waals surface area contributed by atoms with Crippen LogP contribution in [0.25, 0.3) is 0 Å². The first-order valence-electron chi connectivity index (χ1n) is 5.94. The number of hydrogen-bond donors (Lipinski definition) is 1. The smallest absolute Gasteiger partial charge is 0.409 e. The molecule has 0 aromatic heterocycles.